The van der Waals surface area contributed by atoms with Crippen molar-refractivity contribution in [1.82, 2.24) is 9.80 Å². The first-order valence-electron chi connectivity index (χ1n) is 7.41. The van der Waals surface area contributed by atoms with Crippen molar-refractivity contribution < 1.29 is 0 Å². The summed E-state index contributed by atoms with van der Waals surface area (Å²) >= 11 is 0. The van der Waals surface area contributed by atoms with Gasteiger partial charge in [0.25, 0.3) is 0 Å². The van der Waals surface area contributed by atoms with Gasteiger partial charge in [0.1, 0.15) is 0 Å². The first kappa shape index (κ1) is 14.9. The lowest BCUT2D eigenvalue weighted by molar-refractivity contribution is 0.119. The summed E-state index contributed by atoms with van der Waals surface area (Å²) in [4.78, 5) is 5.19. The van der Waals surface area contributed by atoms with Crippen molar-refractivity contribution in [2.24, 2.45) is 11.7 Å². The van der Waals surface area contributed by atoms with Crippen molar-refractivity contribution in [2.45, 2.75) is 39.5 Å². The van der Waals surface area contributed by atoms with Crippen LogP contribution in [0.25, 0.3) is 0 Å². The molecule has 1 heterocycles. The van der Waals surface area contributed by atoms with E-state index in [4.69, 9.17) is 5.73 Å². The molecular weight excluding hydrogens is 210 g/mol. The molecule has 0 aromatic carbocycles. The van der Waals surface area contributed by atoms with Crippen LogP contribution in [0, 0.1) is 5.92 Å². The highest BCUT2D eigenvalue weighted by molar-refractivity contribution is 4.73. The van der Waals surface area contributed by atoms with E-state index in [9.17, 15) is 0 Å². The minimum atomic E-state index is 0.645. The van der Waals surface area contributed by atoms with Gasteiger partial charge in [0, 0.05) is 32.7 Å². The van der Waals surface area contributed by atoms with Crippen LogP contribution in [0.4, 0.5) is 0 Å². The minimum Gasteiger partial charge on any atom is -0.330 e. The van der Waals surface area contributed by atoms with Gasteiger partial charge in [-0.15, -0.1) is 0 Å². The van der Waals surface area contributed by atoms with Gasteiger partial charge in [-0.3, -0.25) is 0 Å². The molecule has 1 fully saturated rings. The van der Waals surface area contributed by atoms with E-state index < -0.39 is 0 Å². The zero-order valence-corrected chi connectivity index (χ0v) is 11.8. The molecular formula is C14H31N3. The van der Waals surface area contributed by atoms with Gasteiger partial charge in [-0.05, 0) is 25.4 Å². The van der Waals surface area contributed by atoms with E-state index >= 15 is 0 Å². The molecule has 1 aliphatic rings. The molecule has 102 valence electrons. The van der Waals surface area contributed by atoms with Gasteiger partial charge >= 0.3 is 0 Å². The Labute approximate surface area is 107 Å². The molecule has 1 saturated heterocycles. The van der Waals surface area contributed by atoms with Crippen molar-refractivity contribution in [1.29, 1.82) is 0 Å². The van der Waals surface area contributed by atoms with Gasteiger partial charge in [-0.1, -0.05) is 33.1 Å². The Morgan fingerprint density at radius 1 is 1.00 bits per heavy atom. The first-order chi connectivity index (χ1) is 8.26. The lowest BCUT2D eigenvalue weighted by Gasteiger charge is -2.35. The van der Waals surface area contributed by atoms with Crippen molar-refractivity contribution in [3.63, 3.8) is 0 Å². The summed E-state index contributed by atoms with van der Waals surface area (Å²) < 4.78 is 0. The quantitative estimate of drug-likeness (QED) is 0.658. The monoisotopic (exact) mass is 241 g/mol. The van der Waals surface area contributed by atoms with Crippen molar-refractivity contribution in [3.8, 4) is 0 Å². The van der Waals surface area contributed by atoms with Crippen LogP contribution in [0.1, 0.15) is 39.5 Å². The third-order valence-electron chi connectivity index (χ3n) is 3.77. The van der Waals surface area contributed by atoms with Crippen LogP contribution in [-0.4, -0.2) is 55.6 Å². The van der Waals surface area contributed by atoms with Crippen molar-refractivity contribution in [2.75, 3.05) is 45.8 Å². The molecule has 0 aromatic rings. The molecule has 1 rings (SSSR count). The predicted octanol–water partition coefficient (Wildman–Crippen LogP) is 1.78. The Morgan fingerprint density at radius 3 is 2.24 bits per heavy atom. The van der Waals surface area contributed by atoms with E-state index in [0.29, 0.717) is 5.92 Å². The van der Waals surface area contributed by atoms with Crippen LogP contribution in [-0.2, 0) is 0 Å². The van der Waals surface area contributed by atoms with Gasteiger partial charge < -0.3 is 15.5 Å². The van der Waals surface area contributed by atoms with Gasteiger partial charge in [-0.2, -0.15) is 0 Å². The average molecular weight is 241 g/mol. The van der Waals surface area contributed by atoms with E-state index in [1.807, 2.05) is 0 Å². The molecule has 0 amide bonds. The Bertz CT molecular complexity index is 176. The van der Waals surface area contributed by atoms with E-state index in [1.165, 1.54) is 65.0 Å². The molecule has 1 aliphatic heterocycles. The SMILES string of the molecule is CCCCCCN1CCN(CC(C)CN)CC1. The first-order valence-corrected chi connectivity index (χ1v) is 7.41. The highest BCUT2D eigenvalue weighted by Gasteiger charge is 2.17. The summed E-state index contributed by atoms with van der Waals surface area (Å²) in [6.45, 7) is 12.8. The molecule has 0 saturated carbocycles. The fraction of sp³-hybridized carbons (Fsp3) is 1.00. The Morgan fingerprint density at radius 2 is 1.65 bits per heavy atom. The summed E-state index contributed by atoms with van der Waals surface area (Å²) in [5.41, 5.74) is 5.67. The van der Waals surface area contributed by atoms with Gasteiger partial charge in [0.05, 0.1) is 0 Å². The molecule has 3 nitrogen and oxygen atoms in total. The summed E-state index contributed by atoms with van der Waals surface area (Å²) in [7, 11) is 0. The van der Waals surface area contributed by atoms with Crippen LogP contribution in [0.15, 0.2) is 0 Å². The number of rotatable bonds is 8. The standard InChI is InChI=1S/C14H31N3/c1-3-4-5-6-7-16-8-10-17(11-9-16)13-14(2)12-15/h14H,3-13,15H2,1-2H3. The third-order valence-corrected chi connectivity index (χ3v) is 3.77. The average Bonchev–Trinajstić information content (AvgIpc) is 2.36. The van der Waals surface area contributed by atoms with Crippen LogP contribution in [0.3, 0.4) is 0 Å². The number of nitrogens with zero attached hydrogens (tertiary/aromatic N) is 2. The second kappa shape index (κ2) is 8.90. The number of hydrogen-bond donors (Lipinski definition) is 1. The smallest absolute Gasteiger partial charge is 0.0110 e. The fourth-order valence-electron chi connectivity index (χ4n) is 2.47. The Kier molecular flexibility index (Phi) is 7.82. The van der Waals surface area contributed by atoms with Gasteiger partial charge in [0.15, 0.2) is 0 Å². The zero-order valence-electron chi connectivity index (χ0n) is 11.8. The fourth-order valence-corrected chi connectivity index (χ4v) is 2.47. The van der Waals surface area contributed by atoms with E-state index in [1.54, 1.807) is 0 Å². The number of unbranched alkanes of at least 4 members (excludes halogenated alkanes) is 3. The molecule has 0 radical (unpaired) electrons. The molecule has 3 heteroatoms. The molecule has 0 spiro atoms. The molecule has 0 bridgehead atoms. The number of piperazine rings is 1. The second-order valence-corrected chi connectivity index (χ2v) is 5.54. The predicted molar refractivity (Wildman–Crippen MR) is 75.2 cm³/mol. The van der Waals surface area contributed by atoms with Crippen LogP contribution >= 0.6 is 0 Å². The summed E-state index contributed by atoms with van der Waals surface area (Å²) in [6, 6.07) is 0. The van der Waals surface area contributed by atoms with Gasteiger partial charge in [-0.25, -0.2) is 0 Å². The zero-order chi connectivity index (χ0) is 12.5. The van der Waals surface area contributed by atoms with Crippen molar-refractivity contribution >= 4 is 0 Å². The Hall–Kier alpha value is -0.120. The third kappa shape index (κ3) is 6.39. The minimum absolute atomic E-state index is 0.645. The van der Waals surface area contributed by atoms with E-state index in [0.717, 1.165) is 6.54 Å². The molecule has 1 unspecified atom stereocenters. The normalized spacial score (nSPS) is 20.6. The number of hydrogen-bond acceptors (Lipinski definition) is 3. The topological polar surface area (TPSA) is 32.5 Å². The molecule has 2 N–H and O–H groups in total. The maximum atomic E-state index is 5.67. The molecule has 1 atom stereocenters. The molecule has 0 aromatic heterocycles. The maximum Gasteiger partial charge on any atom is 0.0110 e. The largest absolute Gasteiger partial charge is 0.330 e. The lowest BCUT2D eigenvalue weighted by atomic mass is 10.1. The van der Waals surface area contributed by atoms with Gasteiger partial charge in [0.2, 0.25) is 0 Å². The summed E-state index contributed by atoms with van der Waals surface area (Å²) in [6.07, 6.45) is 5.52. The van der Waals surface area contributed by atoms with E-state index in [-0.39, 0.29) is 0 Å². The highest BCUT2D eigenvalue weighted by atomic mass is 15.3. The van der Waals surface area contributed by atoms with E-state index in [2.05, 4.69) is 23.6 Å². The lowest BCUT2D eigenvalue weighted by Crippen LogP contribution is -2.48. The van der Waals surface area contributed by atoms with Crippen LogP contribution < -0.4 is 5.73 Å². The molecule has 17 heavy (non-hydrogen) atoms. The molecule has 0 aliphatic carbocycles. The summed E-state index contributed by atoms with van der Waals surface area (Å²) in [5, 5.41) is 0. The number of nitrogens with two attached hydrogens (primary N) is 1. The Balaban J connectivity index is 2.05. The second-order valence-electron chi connectivity index (χ2n) is 5.54. The summed E-state index contributed by atoms with van der Waals surface area (Å²) in [5.74, 6) is 0.645. The van der Waals surface area contributed by atoms with Crippen LogP contribution in [0.2, 0.25) is 0 Å². The maximum absolute atomic E-state index is 5.67. The highest BCUT2D eigenvalue weighted by Crippen LogP contribution is 2.07. The van der Waals surface area contributed by atoms with Crippen molar-refractivity contribution in [3.05, 3.63) is 0 Å². The van der Waals surface area contributed by atoms with Crippen LogP contribution in [0.5, 0.6) is 0 Å².